The van der Waals surface area contributed by atoms with Gasteiger partial charge in [0.15, 0.2) is 6.39 Å². The first-order valence-corrected chi connectivity index (χ1v) is 3.91. The molecule has 5 nitrogen and oxygen atoms in total. The maximum Gasteiger partial charge on any atom is 0.242 e. The normalized spacial score (nSPS) is 11.0. The maximum absolute atomic E-state index is 11.0. The Bertz CT molecular complexity index is 290. The molecule has 70 valence electrons. The third-order valence-electron chi connectivity index (χ3n) is 1.35. The van der Waals surface area contributed by atoms with Gasteiger partial charge in [-0.1, -0.05) is 13.8 Å². The minimum atomic E-state index is -0.125. The summed E-state index contributed by atoms with van der Waals surface area (Å²) in [6, 6.07) is 0. The van der Waals surface area contributed by atoms with Crippen LogP contribution < -0.4 is 5.43 Å². The average molecular weight is 181 g/mol. The lowest BCUT2D eigenvalue weighted by Gasteiger charge is -2.00. The Balaban J connectivity index is 2.39. The molecule has 13 heavy (non-hydrogen) atoms. The Morgan fingerprint density at radius 2 is 2.54 bits per heavy atom. The Morgan fingerprint density at radius 3 is 3.08 bits per heavy atom. The van der Waals surface area contributed by atoms with Gasteiger partial charge < -0.3 is 4.42 Å². The van der Waals surface area contributed by atoms with Crippen molar-refractivity contribution in [1.29, 1.82) is 0 Å². The van der Waals surface area contributed by atoms with E-state index in [1.54, 1.807) is 13.8 Å². The minimum Gasteiger partial charge on any atom is -0.451 e. The van der Waals surface area contributed by atoms with E-state index < -0.39 is 0 Å². The molecule has 0 aromatic carbocycles. The molecule has 0 aliphatic rings. The summed E-state index contributed by atoms with van der Waals surface area (Å²) in [6.07, 6.45) is 4.15. The van der Waals surface area contributed by atoms with E-state index >= 15 is 0 Å². The molecule has 1 N–H and O–H groups in total. The Labute approximate surface area is 75.8 Å². The number of amides is 1. The van der Waals surface area contributed by atoms with Gasteiger partial charge in [-0.15, -0.1) is 0 Å². The van der Waals surface area contributed by atoms with Crippen molar-refractivity contribution in [2.75, 3.05) is 0 Å². The number of carbonyl (C=O) groups is 1. The molecule has 0 unspecified atom stereocenters. The number of nitrogens with zero attached hydrogens (tertiary/aromatic N) is 2. The molecule has 1 aromatic heterocycles. The lowest BCUT2D eigenvalue weighted by Crippen LogP contribution is -2.22. The van der Waals surface area contributed by atoms with E-state index in [9.17, 15) is 4.79 Å². The molecule has 1 rings (SSSR count). The van der Waals surface area contributed by atoms with E-state index in [2.05, 4.69) is 15.5 Å². The van der Waals surface area contributed by atoms with E-state index in [1.165, 1.54) is 18.9 Å². The Morgan fingerprint density at radius 1 is 1.77 bits per heavy atom. The third-order valence-corrected chi connectivity index (χ3v) is 1.35. The zero-order valence-corrected chi connectivity index (χ0v) is 7.52. The molecule has 5 heteroatoms. The fourth-order valence-corrected chi connectivity index (χ4v) is 0.577. The van der Waals surface area contributed by atoms with Gasteiger partial charge in [-0.2, -0.15) is 5.10 Å². The summed E-state index contributed by atoms with van der Waals surface area (Å²) in [5.41, 5.74) is 2.94. The number of nitrogens with one attached hydrogen (secondary N) is 1. The van der Waals surface area contributed by atoms with Crippen LogP contribution in [0, 0.1) is 5.92 Å². The largest absolute Gasteiger partial charge is 0.451 e. The van der Waals surface area contributed by atoms with Crippen LogP contribution in [0.15, 0.2) is 22.2 Å². The minimum absolute atomic E-state index is 0.0746. The van der Waals surface area contributed by atoms with Crippen LogP contribution in [-0.4, -0.2) is 17.1 Å². The van der Waals surface area contributed by atoms with Crippen molar-refractivity contribution in [3.8, 4) is 0 Å². The van der Waals surface area contributed by atoms with Gasteiger partial charge in [-0.25, -0.2) is 10.4 Å². The SMILES string of the molecule is CC(C)C(=O)N/N=C/c1cocn1. The second-order valence-corrected chi connectivity index (χ2v) is 2.80. The molecule has 0 radical (unpaired) electrons. The molecule has 0 aliphatic heterocycles. The van der Waals surface area contributed by atoms with E-state index in [1.807, 2.05) is 0 Å². The third kappa shape index (κ3) is 3.06. The van der Waals surface area contributed by atoms with Gasteiger partial charge in [0, 0.05) is 5.92 Å². The molecule has 0 aliphatic carbocycles. The standard InChI is InChI=1S/C8H11N3O2/c1-6(2)8(12)11-10-3-7-4-13-5-9-7/h3-6H,1-2H3,(H,11,12)/b10-3+. The van der Waals surface area contributed by atoms with E-state index in [0.29, 0.717) is 5.69 Å². The highest BCUT2D eigenvalue weighted by Gasteiger charge is 2.03. The zero-order chi connectivity index (χ0) is 9.68. The van der Waals surface area contributed by atoms with Gasteiger partial charge in [0.25, 0.3) is 0 Å². The summed E-state index contributed by atoms with van der Waals surface area (Å²) in [7, 11) is 0. The number of hydrogen-bond acceptors (Lipinski definition) is 4. The van der Waals surface area contributed by atoms with Crippen LogP contribution in [0.4, 0.5) is 0 Å². The summed E-state index contributed by atoms with van der Waals surface area (Å²) in [4.78, 5) is 14.8. The fourth-order valence-electron chi connectivity index (χ4n) is 0.577. The summed E-state index contributed by atoms with van der Waals surface area (Å²) in [6.45, 7) is 3.59. The summed E-state index contributed by atoms with van der Waals surface area (Å²) < 4.78 is 4.70. The molecule has 1 aromatic rings. The fraction of sp³-hybridized carbons (Fsp3) is 0.375. The highest BCUT2D eigenvalue weighted by molar-refractivity contribution is 5.81. The Kier molecular flexibility index (Phi) is 3.19. The summed E-state index contributed by atoms with van der Waals surface area (Å²) in [5.74, 6) is -0.200. The van der Waals surface area contributed by atoms with E-state index in [0.717, 1.165) is 0 Å². The summed E-state index contributed by atoms with van der Waals surface area (Å²) in [5, 5.41) is 3.69. The molecule has 1 heterocycles. The van der Waals surface area contributed by atoms with Gasteiger partial charge in [0.1, 0.15) is 12.0 Å². The molecule has 0 saturated carbocycles. The molecule has 0 saturated heterocycles. The average Bonchev–Trinajstić information content (AvgIpc) is 2.56. The second-order valence-electron chi connectivity index (χ2n) is 2.80. The number of aromatic nitrogens is 1. The molecule has 0 fully saturated rings. The van der Waals surface area contributed by atoms with Crippen LogP contribution in [0.3, 0.4) is 0 Å². The first-order chi connectivity index (χ1) is 6.20. The maximum atomic E-state index is 11.0. The van der Waals surface area contributed by atoms with Gasteiger partial charge in [-0.05, 0) is 0 Å². The number of rotatable bonds is 3. The number of carbonyl (C=O) groups excluding carboxylic acids is 1. The number of hydrazone groups is 1. The monoisotopic (exact) mass is 181 g/mol. The molecular weight excluding hydrogens is 170 g/mol. The number of oxazole rings is 1. The van der Waals surface area contributed by atoms with Crippen molar-refractivity contribution in [2.24, 2.45) is 11.0 Å². The topological polar surface area (TPSA) is 67.5 Å². The predicted octanol–water partition coefficient (Wildman–Crippen LogP) is 0.781. The van der Waals surface area contributed by atoms with Crippen molar-refractivity contribution in [2.45, 2.75) is 13.8 Å². The smallest absolute Gasteiger partial charge is 0.242 e. The highest BCUT2D eigenvalue weighted by Crippen LogP contribution is 1.91. The molecule has 0 atom stereocenters. The first kappa shape index (κ1) is 9.44. The molecule has 0 bridgehead atoms. The predicted molar refractivity (Wildman–Crippen MR) is 47.1 cm³/mol. The van der Waals surface area contributed by atoms with Crippen LogP contribution in [0.5, 0.6) is 0 Å². The van der Waals surface area contributed by atoms with Gasteiger partial charge in [-0.3, -0.25) is 4.79 Å². The first-order valence-electron chi connectivity index (χ1n) is 3.91. The van der Waals surface area contributed by atoms with Gasteiger partial charge in [0.2, 0.25) is 5.91 Å². The van der Waals surface area contributed by atoms with Crippen LogP contribution in [0.25, 0.3) is 0 Å². The van der Waals surface area contributed by atoms with Crippen LogP contribution in [0.2, 0.25) is 0 Å². The lowest BCUT2D eigenvalue weighted by atomic mass is 10.2. The number of hydrogen-bond donors (Lipinski definition) is 1. The molecular formula is C8H11N3O2. The van der Waals surface area contributed by atoms with Crippen molar-refractivity contribution in [3.05, 3.63) is 18.4 Å². The van der Waals surface area contributed by atoms with Crippen molar-refractivity contribution in [1.82, 2.24) is 10.4 Å². The van der Waals surface area contributed by atoms with E-state index in [-0.39, 0.29) is 11.8 Å². The van der Waals surface area contributed by atoms with Crippen LogP contribution in [0.1, 0.15) is 19.5 Å². The summed E-state index contributed by atoms with van der Waals surface area (Å²) >= 11 is 0. The van der Waals surface area contributed by atoms with Crippen molar-refractivity contribution in [3.63, 3.8) is 0 Å². The van der Waals surface area contributed by atoms with E-state index in [4.69, 9.17) is 4.42 Å². The van der Waals surface area contributed by atoms with Gasteiger partial charge in [0.05, 0.1) is 6.21 Å². The lowest BCUT2D eigenvalue weighted by molar-refractivity contribution is -0.123. The Hall–Kier alpha value is -1.65. The molecule has 0 spiro atoms. The highest BCUT2D eigenvalue weighted by atomic mass is 16.3. The molecule has 1 amide bonds. The zero-order valence-electron chi connectivity index (χ0n) is 7.52. The van der Waals surface area contributed by atoms with Crippen molar-refractivity contribution >= 4 is 12.1 Å². The van der Waals surface area contributed by atoms with Crippen molar-refractivity contribution < 1.29 is 9.21 Å². The quantitative estimate of drug-likeness (QED) is 0.553. The van der Waals surface area contributed by atoms with Crippen LogP contribution in [-0.2, 0) is 4.79 Å². The van der Waals surface area contributed by atoms with Crippen LogP contribution >= 0.6 is 0 Å². The van der Waals surface area contributed by atoms with Gasteiger partial charge >= 0.3 is 0 Å². The second kappa shape index (κ2) is 4.39.